The summed E-state index contributed by atoms with van der Waals surface area (Å²) in [6, 6.07) is 9.74. The van der Waals surface area contributed by atoms with Gasteiger partial charge in [-0.3, -0.25) is 14.2 Å². The van der Waals surface area contributed by atoms with Crippen molar-refractivity contribution in [3.05, 3.63) is 68.6 Å². The molecular formula is C16H11Cl2N3O2. The highest BCUT2D eigenvalue weighted by Crippen LogP contribution is 2.25. The minimum absolute atomic E-state index is 0.00374. The first kappa shape index (κ1) is 15.5. The largest absolute Gasteiger partial charge is 0.320 e. The first-order chi connectivity index (χ1) is 11.0. The van der Waals surface area contributed by atoms with Crippen molar-refractivity contribution in [2.24, 2.45) is 7.05 Å². The molecule has 1 amide bonds. The van der Waals surface area contributed by atoms with E-state index in [1.807, 2.05) is 0 Å². The fourth-order valence-corrected chi connectivity index (χ4v) is 2.58. The van der Waals surface area contributed by atoms with Crippen LogP contribution in [0.1, 0.15) is 10.4 Å². The van der Waals surface area contributed by atoms with E-state index < -0.39 is 11.5 Å². The quantitative estimate of drug-likeness (QED) is 0.771. The van der Waals surface area contributed by atoms with Crippen LogP contribution in [0.2, 0.25) is 10.0 Å². The van der Waals surface area contributed by atoms with E-state index >= 15 is 0 Å². The molecule has 1 N–H and O–H groups in total. The first-order valence-corrected chi connectivity index (χ1v) is 7.44. The molecule has 0 bridgehead atoms. The maximum Gasteiger partial charge on any atom is 0.264 e. The molecule has 5 nitrogen and oxygen atoms in total. The van der Waals surface area contributed by atoms with Gasteiger partial charge in [0.2, 0.25) is 0 Å². The molecule has 0 spiro atoms. The van der Waals surface area contributed by atoms with E-state index in [4.69, 9.17) is 23.2 Å². The first-order valence-electron chi connectivity index (χ1n) is 6.68. The maximum atomic E-state index is 12.4. The van der Waals surface area contributed by atoms with Crippen LogP contribution >= 0.6 is 23.2 Å². The predicted octanol–water partition coefficient (Wildman–Crippen LogP) is 3.49. The molecule has 3 rings (SSSR count). The Kier molecular flexibility index (Phi) is 4.07. The van der Waals surface area contributed by atoms with Crippen LogP contribution in [0.4, 0.5) is 5.69 Å². The highest BCUT2D eigenvalue weighted by atomic mass is 35.5. The molecule has 0 fully saturated rings. The Morgan fingerprint density at radius 1 is 1.22 bits per heavy atom. The number of benzene rings is 1. The van der Waals surface area contributed by atoms with Gasteiger partial charge in [0.15, 0.2) is 0 Å². The SMILES string of the molecule is Cn1c(=O)c(C(=O)Nc2cc(Cl)ccc2Cl)cc2cccnc21. The topological polar surface area (TPSA) is 64.0 Å². The summed E-state index contributed by atoms with van der Waals surface area (Å²) in [6.45, 7) is 0. The van der Waals surface area contributed by atoms with Crippen molar-refractivity contribution in [3.8, 4) is 0 Å². The molecule has 0 saturated heterocycles. The number of carbonyl (C=O) groups is 1. The van der Waals surface area contributed by atoms with Gasteiger partial charge in [0.1, 0.15) is 11.2 Å². The smallest absolute Gasteiger partial charge is 0.264 e. The fraction of sp³-hybridized carbons (Fsp3) is 0.0625. The summed E-state index contributed by atoms with van der Waals surface area (Å²) >= 11 is 11.9. The molecule has 0 aliphatic carbocycles. The number of carbonyl (C=O) groups excluding carboxylic acids is 1. The van der Waals surface area contributed by atoms with E-state index in [0.717, 1.165) is 0 Å². The summed E-state index contributed by atoms with van der Waals surface area (Å²) in [5.41, 5.74) is 0.420. The van der Waals surface area contributed by atoms with Gasteiger partial charge in [0.05, 0.1) is 10.7 Å². The predicted molar refractivity (Wildman–Crippen MR) is 91.4 cm³/mol. The third-order valence-electron chi connectivity index (χ3n) is 3.39. The number of aromatic nitrogens is 2. The number of aryl methyl sites for hydroxylation is 1. The molecule has 0 radical (unpaired) electrons. The number of nitrogens with one attached hydrogen (secondary N) is 1. The van der Waals surface area contributed by atoms with E-state index in [1.54, 1.807) is 37.5 Å². The molecule has 23 heavy (non-hydrogen) atoms. The van der Waals surface area contributed by atoms with Crippen LogP contribution in [0.5, 0.6) is 0 Å². The van der Waals surface area contributed by atoms with E-state index in [9.17, 15) is 9.59 Å². The van der Waals surface area contributed by atoms with Crippen LogP contribution in [0.15, 0.2) is 47.4 Å². The van der Waals surface area contributed by atoms with Crippen molar-refractivity contribution in [2.45, 2.75) is 0 Å². The molecule has 0 unspecified atom stereocenters. The van der Waals surface area contributed by atoms with Crippen molar-refractivity contribution in [3.63, 3.8) is 0 Å². The zero-order valence-electron chi connectivity index (χ0n) is 12.0. The minimum atomic E-state index is -0.555. The van der Waals surface area contributed by atoms with Gasteiger partial charge in [-0.05, 0) is 36.4 Å². The van der Waals surface area contributed by atoms with Crippen molar-refractivity contribution < 1.29 is 4.79 Å². The number of hydrogen-bond donors (Lipinski definition) is 1. The maximum absolute atomic E-state index is 12.4. The van der Waals surface area contributed by atoms with Gasteiger partial charge in [-0.15, -0.1) is 0 Å². The fourth-order valence-electron chi connectivity index (χ4n) is 2.24. The molecule has 2 aromatic heterocycles. The van der Waals surface area contributed by atoms with Gasteiger partial charge >= 0.3 is 0 Å². The molecule has 1 aromatic carbocycles. The summed E-state index contributed by atoms with van der Waals surface area (Å²) < 4.78 is 1.34. The molecule has 0 aliphatic heterocycles. The second-order valence-electron chi connectivity index (χ2n) is 4.92. The standard InChI is InChI=1S/C16H11Cl2N3O2/c1-21-14-9(3-2-6-19-14)7-11(16(21)23)15(22)20-13-8-10(17)4-5-12(13)18/h2-8H,1H3,(H,20,22). The lowest BCUT2D eigenvalue weighted by molar-refractivity contribution is 0.102. The third-order valence-corrected chi connectivity index (χ3v) is 3.96. The van der Waals surface area contributed by atoms with Crippen LogP contribution in [-0.2, 0) is 7.05 Å². The van der Waals surface area contributed by atoms with Crippen molar-refractivity contribution in [2.75, 3.05) is 5.32 Å². The van der Waals surface area contributed by atoms with Crippen LogP contribution in [0.3, 0.4) is 0 Å². The number of pyridine rings is 2. The summed E-state index contributed by atoms with van der Waals surface area (Å²) in [7, 11) is 1.57. The third kappa shape index (κ3) is 2.93. The molecule has 0 atom stereocenters. The number of fused-ring (bicyclic) bond motifs is 1. The number of anilines is 1. The van der Waals surface area contributed by atoms with Crippen LogP contribution in [0, 0.1) is 0 Å². The number of hydrogen-bond acceptors (Lipinski definition) is 3. The molecule has 3 aromatic rings. The van der Waals surface area contributed by atoms with E-state index in [-0.39, 0.29) is 5.56 Å². The zero-order valence-corrected chi connectivity index (χ0v) is 13.5. The van der Waals surface area contributed by atoms with Crippen molar-refractivity contribution in [1.82, 2.24) is 9.55 Å². The van der Waals surface area contributed by atoms with Gasteiger partial charge in [-0.2, -0.15) is 0 Å². The Hall–Kier alpha value is -2.37. The van der Waals surface area contributed by atoms with E-state index in [2.05, 4.69) is 10.3 Å². The summed E-state index contributed by atoms with van der Waals surface area (Å²) in [5, 5.41) is 4.07. The van der Waals surface area contributed by atoms with Crippen LogP contribution in [-0.4, -0.2) is 15.5 Å². The molecular weight excluding hydrogens is 337 g/mol. The van der Waals surface area contributed by atoms with Gasteiger partial charge in [-0.25, -0.2) is 4.98 Å². The average Bonchev–Trinajstić information content (AvgIpc) is 2.54. The van der Waals surface area contributed by atoms with Crippen LogP contribution in [0.25, 0.3) is 11.0 Å². The Balaban J connectivity index is 2.06. The molecule has 2 heterocycles. The Bertz CT molecular complexity index is 983. The second-order valence-corrected chi connectivity index (χ2v) is 5.76. The monoisotopic (exact) mass is 347 g/mol. The van der Waals surface area contributed by atoms with E-state index in [1.165, 1.54) is 16.7 Å². The van der Waals surface area contributed by atoms with Gasteiger partial charge in [0, 0.05) is 23.7 Å². The van der Waals surface area contributed by atoms with Gasteiger partial charge in [0.25, 0.3) is 11.5 Å². The molecule has 0 saturated carbocycles. The Morgan fingerprint density at radius 3 is 2.78 bits per heavy atom. The summed E-state index contributed by atoms with van der Waals surface area (Å²) in [5.74, 6) is -0.555. The van der Waals surface area contributed by atoms with Gasteiger partial charge in [-0.1, -0.05) is 23.2 Å². The lowest BCUT2D eigenvalue weighted by atomic mass is 10.2. The molecule has 7 heteroatoms. The highest BCUT2D eigenvalue weighted by Gasteiger charge is 2.16. The summed E-state index contributed by atoms with van der Waals surface area (Å²) in [6.07, 6.45) is 1.59. The van der Waals surface area contributed by atoms with E-state index in [0.29, 0.717) is 26.8 Å². The van der Waals surface area contributed by atoms with Crippen molar-refractivity contribution in [1.29, 1.82) is 0 Å². The van der Waals surface area contributed by atoms with Crippen LogP contribution < -0.4 is 10.9 Å². The normalized spacial score (nSPS) is 10.7. The Morgan fingerprint density at radius 2 is 2.00 bits per heavy atom. The lowest BCUT2D eigenvalue weighted by Gasteiger charge is -2.10. The number of nitrogens with zero attached hydrogens (tertiary/aromatic N) is 2. The average molecular weight is 348 g/mol. The van der Waals surface area contributed by atoms with Gasteiger partial charge < -0.3 is 5.32 Å². The number of amides is 1. The summed E-state index contributed by atoms with van der Waals surface area (Å²) in [4.78, 5) is 29.0. The highest BCUT2D eigenvalue weighted by molar-refractivity contribution is 6.35. The molecule has 116 valence electrons. The molecule has 0 aliphatic rings. The Labute approximate surface area is 141 Å². The second kappa shape index (κ2) is 6.02. The number of halogens is 2. The van der Waals surface area contributed by atoms with Crippen molar-refractivity contribution >= 4 is 45.8 Å². The zero-order chi connectivity index (χ0) is 16.6. The lowest BCUT2D eigenvalue weighted by Crippen LogP contribution is -2.28. The number of rotatable bonds is 2. The minimum Gasteiger partial charge on any atom is -0.320 e.